The van der Waals surface area contributed by atoms with E-state index in [1.807, 2.05) is 31.4 Å². The van der Waals surface area contributed by atoms with Crippen molar-refractivity contribution in [1.82, 2.24) is 14.5 Å². The van der Waals surface area contributed by atoms with Gasteiger partial charge in [-0.05, 0) is 18.2 Å². The maximum Gasteiger partial charge on any atom is 0.340 e. The van der Waals surface area contributed by atoms with Crippen molar-refractivity contribution in [2.45, 2.75) is 6.54 Å². The van der Waals surface area contributed by atoms with Crippen molar-refractivity contribution in [3.63, 3.8) is 0 Å². The van der Waals surface area contributed by atoms with Crippen LogP contribution in [-0.2, 0) is 13.6 Å². The van der Waals surface area contributed by atoms with Crippen molar-refractivity contribution >= 4 is 22.3 Å². The van der Waals surface area contributed by atoms with E-state index < -0.39 is 0 Å². The Morgan fingerprint density at radius 2 is 2.05 bits per heavy atom. The number of aromatic nitrogens is 4. The summed E-state index contributed by atoms with van der Waals surface area (Å²) >= 11 is 0. The quantitative estimate of drug-likeness (QED) is 0.402. The smallest absolute Gasteiger partial charge is 0.340 e. The fourth-order valence-electron chi connectivity index (χ4n) is 3.14. The van der Waals surface area contributed by atoms with Crippen molar-refractivity contribution in [1.29, 1.82) is 0 Å². The number of pyridine rings is 2. The van der Waals surface area contributed by atoms with E-state index in [1.165, 1.54) is 5.56 Å². The second-order valence-electron chi connectivity index (χ2n) is 5.09. The van der Waals surface area contributed by atoms with Crippen LogP contribution in [0.5, 0.6) is 0 Å². The molecule has 5 heteroatoms. The molecule has 4 aromatic heterocycles. The Hall–Kier alpha value is -2.69. The predicted molar refractivity (Wildman–Crippen MR) is 73.0 cm³/mol. The lowest BCUT2D eigenvalue weighted by Gasteiger charge is -1.92. The van der Waals surface area contributed by atoms with E-state index in [1.54, 1.807) is 6.20 Å². The standard InChI is InChI=1S/C15H11N4O/c1-18-14-11-9(4-2-6-16-11)8-19(14)13-12-10(20-15(13)18)5-3-7-17-12/h2-7H,8H2,1H3/q+1. The highest BCUT2D eigenvalue weighted by molar-refractivity contribution is 5.98. The van der Waals surface area contributed by atoms with Crippen LogP contribution in [0.1, 0.15) is 5.56 Å². The summed E-state index contributed by atoms with van der Waals surface area (Å²) in [6.45, 7) is 0.820. The normalized spacial score (nSPS) is 13.1. The predicted octanol–water partition coefficient (Wildman–Crippen LogP) is 2.03. The van der Waals surface area contributed by atoms with Crippen molar-refractivity contribution < 1.29 is 8.98 Å². The summed E-state index contributed by atoms with van der Waals surface area (Å²) < 4.78 is 10.3. The van der Waals surface area contributed by atoms with Crippen molar-refractivity contribution in [2.24, 2.45) is 7.05 Å². The third-order valence-electron chi connectivity index (χ3n) is 3.98. The lowest BCUT2D eigenvalue weighted by molar-refractivity contribution is -0.640. The first-order chi connectivity index (χ1) is 9.84. The Morgan fingerprint density at radius 3 is 3.00 bits per heavy atom. The Labute approximate surface area is 114 Å². The molecule has 1 aliphatic heterocycles. The molecule has 0 saturated heterocycles. The summed E-state index contributed by atoms with van der Waals surface area (Å²) in [4.78, 5) is 8.99. The molecule has 5 heterocycles. The number of rotatable bonds is 0. The number of hydrogen-bond donors (Lipinski definition) is 0. The van der Waals surface area contributed by atoms with Gasteiger partial charge in [0.1, 0.15) is 6.54 Å². The van der Waals surface area contributed by atoms with Gasteiger partial charge in [-0.3, -0.25) is 0 Å². The second-order valence-corrected chi connectivity index (χ2v) is 5.09. The average molecular weight is 263 g/mol. The van der Waals surface area contributed by atoms with E-state index in [2.05, 4.69) is 25.2 Å². The maximum absolute atomic E-state index is 5.95. The van der Waals surface area contributed by atoms with E-state index in [0.717, 1.165) is 40.4 Å². The largest absolute Gasteiger partial charge is 0.417 e. The summed E-state index contributed by atoms with van der Waals surface area (Å²) in [5.41, 5.74) is 5.92. The summed E-state index contributed by atoms with van der Waals surface area (Å²) in [5.74, 6) is 1.09. The molecule has 0 N–H and O–H groups in total. The summed E-state index contributed by atoms with van der Waals surface area (Å²) in [6.07, 6.45) is 3.64. The summed E-state index contributed by atoms with van der Waals surface area (Å²) in [6, 6.07) is 7.95. The van der Waals surface area contributed by atoms with Crippen LogP contribution in [0, 0.1) is 0 Å². The topological polar surface area (TPSA) is 47.7 Å². The lowest BCUT2D eigenvalue weighted by atomic mass is 10.2. The zero-order chi connectivity index (χ0) is 13.3. The molecule has 0 saturated carbocycles. The Balaban J connectivity index is 1.99. The molecule has 0 aromatic carbocycles. The lowest BCUT2D eigenvalue weighted by Crippen LogP contribution is -2.29. The van der Waals surface area contributed by atoms with Crippen LogP contribution >= 0.6 is 0 Å². The fourth-order valence-corrected chi connectivity index (χ4v) is 3.14. The molecular formula is C15H11N4O+. The van der Waals surface area contributed by atoms with Gasteiger partial charge in [0.05, 0.1) is 7.05 Å². The highest BCUT2D eigenvalue weighted by Gasteiger charge is 2.37. The molecule has 20 heavy (non-hydrogen) atoms. The molecule has 1 aliphatic rings. The molecular weight excluding hydrogens is 252 g/mol. The molecule has 0 unspecified atom stereocenters. The zero-order valence-corrected chi connectivity index (χ0v) is 10.9. The molecule has 0 spiro atoms. The summed E-state index contributed by atoms with van der Waals surface area (Å²) in [5, 5.41) is 0. The molecule has 0 amide bonds. The van der Waals surface area contributed by atoms with Crippen molar-refractivity contribution in [2.75, 3.05) is 0 Å². The van der Waals surface area contributed by atoms with Gasteiger partial charge < -0.3 is 4.42 Å². The van der Waals surface area contributed by atoms with Crippen LogP contribution < -0.4 is 4.57 Å². The zero-order valence-electron chi connectivity index (χ0n) is 10.9. The second kappa shape index (κ2) is 3.25. The highest BCUT2D eigenvalue weighted by Crippen LogP contribution is 2.35. The van der Waals surface area contributed by atoms with Crippen LogP contribution in [0.2, 0.25) is 0 Å². The van der Waals surface area contributed by atoms with Crippen LogP contribution in [-0.4, -0.2) is 14.5 Å². The van der Waals surface area contributed by atoms with Crippen LogP contribution in [0.25, 0.3) is 33.8 Å². The van der Waals surface area contributed by atoms with Gasteiger partial charge in [-0.15, -0.1) is 0 Å². The van der Waals surface area contributed by atoms with Gasteiger partial charge in [-0.2, -0.15) is 4.57 Å². The van der Waals surface area contributed by atoms with Crippen molar-refractivity contribution in [3.05, 3.63) is 42.2 Å². The SMILES string of the molecule is C[n+]1c2n(c3c4ncccc4oc31)Cc1cccnc1-2. The number of imidazole rings is 1. The van der Waals surface area contributed by atoms with E-state index in [0.29, 0.717) is 0 Å². The van der Waals surface area contributed by atoms with Gasteiger partial charge in [0.2, 0.25) is 5.52 Å². The fraction of sp³-hybridized carbons (Fsp3) is 0.133. The molecule has 0 radical (unpaired) electrons. The van der Waals surface area contributed by atoms with E-state index in [9.17, 15) is 0 Å². The van der Waals surface area contributed by atoms with Gasteiger partial charge in [-0.25, -0.2) is 14.5 Å². The minimum absolute atomic E-state index is 0.820. The minimum Gasteiger partial charge on any atom is -0.417 e. The minimum atomic E-state index is 0.820. The average Bonchev–Trinajstić information content (AvgIpc) is 3.10. The molecule has 96 valence electrons. The summed E-state index contributed by atoms with van der Waals surface area (Å²) in [7, 11) is 2.01. The Kier molecular flexibility index (Phi) is 1.65. The number of hydrogen-bond acceptors (Lipinski definition) is 3. The molecule has 0 aliphatic carbocycles. The Morgan fingerprint density at radius 1 is 1.20 bits per heavy atom. The van der Waals surface area contributed by atoms with Gasteiger partial charge in [0.15, 0.2) is 16.8 Å². The van der Waals surface area contributed by atoms with Gasteiger partial charge in [-0.1, -0.05) is 6.07 Å². The van der Waals surface area contributed by atoms with Crippen LogP contribution in [0.3, 0.4) is 0 Å². The third-order valence-corrected chi connectivity index (χ3v) is 3.98. The highest BCUT2D eigenvalue weighted by atomic mass is 16.3. The molecule has 4 aromatic rings. The van der Waals surface area contributed by atoms with Gasteiger partial charge in [0.25, 0.3) is 0 Å². The van der Waals surface area contributed by atoms with Crippen LogP contribution in [0.4, 0.5) is 0 Å². The maximum atomic E-state index is 5.95. The molecule has 0 fully saturated rings. The molecule has 5 rings (SSSR count). The van der Waals surface area contributed by atoms with Crippen molar-refractivity contribution in [3.8, 4) is 11.5 Å². The number of aryl methyl sites for hydroxylation is 1. The number of fused-ring (bicyclic) bond motifs is 7. The number of nitrogens with zero attached hydrogens (tertiary/aromatic N) is 4. The number of furan rings is 1. The molecule has 0 atom stereocenters. The first kappa shape index (κ1) is 10.1. The first-order valence-corrected chi connectivity index (χ1v) is 6.54. The first-order valence-electron chi connectivity index (χ1n) is 6.54. The monoisotopic (exact) mass is 263 g/mol. The van der Waals surface area contributed by atoms with Crippen LogP contribution in [0.15, 0.2) is 41.1 Å². The molecule has 0 bridgehead atoms. The Bertz CT molecular complexity index is 996. The van der Waals surface area contributed by atoms with Gasteiger partial charge in [0, 0.05) is 18.0 Å². The van der Waals surface area contributed by atoms with E-state index in [-0.39, 0.29) is 0 Å². The van der Waals surface area contributed by atoms with E-state index in [4.69, 9.17) is 4.42 Å². The van der Waals surface area contributed by atoms with E-state index >= 15 is 0 Å². The van der Waals surface area contributed by atoms with Gasteiger partial charge >= 0.3 is 11.5 Å². The molecule has 5 nitrogen and oxygen atoms in total. The third kappa shape index (κ3) is 1.02.